The lowest BCUT2D eigenvalue weighted by Gasteiger charge is -2.35. The van der Waals surface area contributed by atoms with Crippen LogP contribution in [0.5, 0.6) is 5.75 Å². The molecule has 0 aliphatic carbocycles. The molecule has 3 aromatic carbocycles. The predicted octanol–water partition coefficient (Wildman–Crippen LogP) is 4.41. The van der Waals surface area contributed by atoms with E-state index >= 15 is 0 Å². The van der Waals surface area contributed by atoms with Gasteiger partial charge in [-0.1, -0.05) is 35.9 Å². The van der Waals surface area contributed by atoms with Crippen LogP contribution < -0.4 is 10.1 Å². The molecule has 32 heavy (non-hydrogen) atoms. The Morgan fingerprint density at radius 3 is 2.41 bits per heavy atom. The second-order valence-electron chi connectivity index (χ2n) is 7.66. The average Bonchev–Trinajstić information content (AvgIpc) is 2.80. The standard InChI is InChI=1S/C24H23ClN2O4S/c1-16-13-19(25)7-12-22(16)26-24(28)23-14-17-5-3-4-6-18(17)15-27(23)32(29,30)21-10-8-20(31-2)9-11-21/h3-13,23H,14-15H2,1-2H3,(H,26,28)/t23-/m1/s1. The number of sulfonamides is 1. The zero-order valence-electron chi connectivity index (χ0n) is 17.7. The number of hydrogen-bond acceptors (Lipinski definition) is 4. The molecule has 1 aliphatic rings. The molecule has 0 fully saturated rings. The molecule has 3 aromatic rings. The van der Waals surface area contributed by atoms with Crippen LogP contribution in [0.3, 0.4) is 0 Å². The second-order valence-corrected chi connectivity index (χ2v) is 9.99. The molecule has 1 aliphatic heterocycles. The van der Waals surface area contributed by atoms with Gasteiger partial charge >= 0.3 is 0 Å². The molecule has 0 saturated heterocycles. The summed E-state index contributed by atoms with van der Waals surface area (Å²) in [5.74, 6) is 0.169. The van der Waals surface area contributed by atoms with Crippen molar-refractivity contribution in [3.05, 3.63) is 88.4 Å². The van der Waals surface area contributed by atoms with Crippen LogP contribution in [0.25, 0.3) is 0 Å². The molecule has 8 heteroatoms. The van der Waals surface area contributed by atoms with Crippen LogP contribution in [-0.4, -0.2) is 31.8 Å². The third kappa shape index (κ3) is 4.37. The Labute approximate surface area is 192 Å². The van der Waals surface area contributed by atoms with Gasteiger partial charge in [0.25, 0.3) is 0 Å². The lowest BCUT2D eigenvalue weighted by atomic mass is 9.95. The Bertz CT molecular complexity index is 1260. The maximum absolute atomic E-state index is 13.6. The fraction of sp³-hybridized carbons (Fsp3) is 0.208. The van der Waals surface area contributed by atoms with E-state index in [2.05, 4.69) is 5.32 Å². The zero-order valence-corrected chi connectivity index (χ0v) is 19.3. The van der Waals surface area contributed by atoms with E-state index in [4.69, 9.17) is 16.3 Å². The van der Waals surface area contributed by atoms with E-state index in [1.54, 1.807) is 30.3 Å². The summed E-state index contributed by atoms with van der Waals surface area (Å²) < 4.78 is 33.5. The number of methoxy groups -OCH3 is 1. The molecule has 1 N–H and O–H groups in total. The van der Waals surface area contributed by atoms with Crippen molar-refractivity contribution in [3.8, 4) is 5.75 Å². The lowest BCUT2D eigenvalue weighted by Crippen LogP contribution is -2.50. The van der Waals surface area contributed by atoms with E-state index in [-0.39, 0.29) is 23.8 Å². The van der Waals surface area contributed by atoms with E-state index in [1.807, 2.05) is 31.2 Å². The van der Waals surface area contributed by atoms with Crippen molar-refractivity contribution in [2.45, 2.75) is 30.8 Å². The number of ether oxygens (including phenoxy) is 1. The first-order chi connectivity index (χ1) is 15.3. The number of benzene rings is 3. The minimum Gasteiger partial charge on any atom is -0.497 e. The van der Waals surface area contributed by atoms with Crippen molar-refractivity contribution in [3.63, 3.8) is 0 Å². The van der Waals surface area contributed by atoms with Crippen molar-refractivity contribution in [2.24, 2.45) is 0 Å². The van der Waals surface area contributed by atoms with Crippen LogP contribution in [0.2, 0.25) is 5.02 Å². The minimum absolute atomic E-state index is 0.109. The topological polar surface area (TPSA) is 75.7 Å². The van der Waals surface area contributed by atoms with Crippen molar-refractivity contribution in [2.75, 3.05) is 12.4 Å². The van der Waals surface area contributed by atoms with Gasteiger partial charge < -0.3 is 10.1 Å². The number of hydrogen-bond donors (Lipinski definition) is 1. The Kier molecular flexibility index (Phi) is 6.24. The summed E-state index contributed by atoms with van der Waals surface area (Å²) in [6, 6.07) is 18.0. The second kappa shape index (κ2) is 8.94. The Hall–Kier alpha value is -2.87. The van der Waals surface area contributed by atoms with Crippen LogP contribution in [-0.2, 0) is 27.8 Å². The molecular formula is C24H23ClN2O4S. The smallest absolute Gasteiger partial charge is 0.244 e. The van der Waals surface area contributed by atoms with Crippen molar-refractivity contribution in [1.29, 1.82) is 0 Å². The van der Waals surface area contributed by atoms with Gasteiger partial charge in [-0.15, -0.1) is 0 Å². The van der Waals surface area contributed by atoms with Crippen LogP contribution in [0.15, 0.2) is 71.6 Å². The van der Waals surface area contributed by atoms with Crippen molar-refractivity contribution < 1.29 is 17.9 Å². The number of rotatable bonds is 5. The number of aryl methyl sites for hydroxylation is 1. The summed E-state index contributed by atoms with van der Waals surface area (Å²) in [6.07, 6.45) is 0.282. The lowest BCUT2D eigenvalue weighted by molar-refractivity contribution is -0.120. The van der Waals surface area contributed by atoms with Crippen molar-refractivity contribution in [1.82, 2.24) is 4.31 Å². The molecule has 0 saturated carbocycles. The number of fused-ring (bicyclic) bond motifs is 1. The summed E-state index contributed by atoms with van der Waals surface area (Å²) in [4.78, 5) is 13.4. The molecule has 0 unspecified atom stereocenters. The van der Waals surface area contributed by atoms with Gasteiger partial charge in [-0.2, -0.15) is 4.31 Å². The predicted molar refractivity (Wildman–Crippen MR) is 124 cm³/mol. The van der Waals surface area contributed by atoms with E-state index in [0.29, 0.717) is 16.5 Å². The number of anilines is 1. The summed E-state index contributed by atoms with van der Waals surface area (Å²) in [7, 11) is -2.42. The number of carbonyl (C=O) groups excluding carboxylic acids is 1. The summed E-state index contributed by atoms with van der Waals surface area (Å²) in [5, 5.41) is 3.45. The van der Waals surface area contributed by atoms with Gasteiger partial charge in [0.2, 0.25) is 15.9 Å². The van der Waals surface area contributed by atoms with Gasteiger partial charge in [0.15, 0.2) is 0 Å². The van der Waals surface area contributed by atoms with Gasteiger partial charge in [0, 0.05) is 17.3 Å². The highest BCUT2D eigenvalue weighted by atomic mass is 35.5. The van der Waals surface area contributed by atoms with E-state index in [9.17, 15) is 13.2 Å². The van der Waals surface area contributed by atoms with Gasteiger partial charge in [0.1, 0.15) is 11.8 Å². The molecular weight excluding hydrogens is 448 g/mol. The van der Waals surface area contributed by atoms with Gasteiger partial charge in [0.05, 0.1) is 12.0 Å². The minimum atomic E-state index is -3.94. The molecule has 166 valence electrons. The van der Waals surface area contributed by atoms with E-state index in [0.717, 1.165) is 16.7 Å². The van der Waals surface area contributed by atoms with E-state index < -0.39 is 16.1 Å². The summed E-state index contributed by atoms with van der Waals surface area (Å²) in [6.45, 7) is 1.95. The summed E-state index contributed by atoms with van der Waals surface area (Å²) >= 11 is 6.02. The Balaban J connectivity index is 1.71. The quantitative estimate of drug-likeness (QED) is 0.599. The van der Waals surface area contributed by atoms with Gasteiger partial charge in [-0.25, -0.2) is 8.42 Å². The van der Waals surface area contributed by atoms with Crippen LogP contribution in [0.1, 0.15) is 16.7 Å². The normalized spacial score (nSPS) is 16.3. The SMILES string of the molecule is COc1ccc(S(=O)(=O)N2Cc3ccccc3C[C@@H]2C(=O)Nc2ccc(Cl)cc2C)cc1. The van der Waals surface area contributed by atoms with Crippen LogP contribution >= 0.6 is 11.6 Å². The van der Waals surface area contributed by atoms with Crippen LogP contribution in [0.4, 0.5) is 5.69 Å². The number of amides is 1. The fourth-order valence-electron chi connectivity index (χ4n) is 3.84. The highest BCUT2D eigenvalue weighted by molar-refractivity contribution is 7.89. The molecule has 4 rings (SSSR count). The molecule has 1 amide bonds. The fourth-order valence-corrected chi connectivity index (χ4v) is 5.63. The van der Waals surface area contributed by atoms with Gasteiger partial charge in [-0.05, 0) is 72.5 Å². The Morgan fingerprint density at radius 2 is 1.75 bits per heavy atom. The summed E-state index contributed by atoms with van der Waals surface area (Å²) in [5.41, 5.74) is 3.24. The van der Waals surface area contributed by atoms with Gasteiger partial charge in [-0.3, -0.25) is 4.79 Å². The average molecular weight is 471 g/mol. The maximum atomic E-state index is 13.6. The highest BCUT2D eigenvalue weighted by Gasteiger charge is 2.39. The zero-order chi connectivity index (χ0) is 22.9. The molecule has 0 spiro atoms. The first kappa shape index (κ1) is 22.3. The van der Waals surface area contributed by atoms with Crippen LogP contribution in [0, 0.1) is 6.92 Å². The Morgan fingerprint density at radius 1 is 1.06 bits per heavy atom. The first-order valence-corrected chi connectivity index (χ1v) is 11.9. The molecule has 0 radical (unpaired) electrons. The number of carbonyl (C=O) groups is 1. The number of nitrogens with zero attached hydrogens (tertiary/aromatic N) is 1. The third-order valence-corrected chi connectivity index (χ3v) is 7.72. The molecule has 0 bridgehead atoms. The first-order valence-electron chi connectivity index (χ1n) is 10.1. The molecule has 1 heterocycles. The monoisotopic (exact) mass is 470 g/mol. The molecule has 0 aromatic heterocycles. The number of nitrogens with one attached hydrogen (secondary N) is 1. The van der Waals surface area contributed by atoms with E-state index in [1.165, 1.54) is 23.5 Å². The highest BCUT2D eigenvalue weighted by Crippen LogP contribution is 2.31. The largest absolute Gasteiger partial charge is 0.497 e. The molecule has 1 atom stereocenters. The van der Waals surface area contributed by atoms with Crippen molar-refractivity contribution >= 4 is 33.2 Å². The maximum Gasteiger partial charge on any atom is 0.244 e. The third-order valence-electron chi connectivity index (χ3n) is 5.62. The molecule has 6 nitrogen and oxygen atoms in total. The number of halogens is 1.